The number of aromatic nitrogens is 2. The van der Waals surface area contributed by atoms with Gasteiger partial charge < -0.3 is 24.4 Å². The minimum atomic E-state index is -0.250. The van der Waals surface area contributed by atoms with Gasteiger partial charge in [-0.1, -0.05) is 0 Å². The number of hydrogen-bond acceptors (Lipinski definition) is 7. The molecule has 26 heavy (non-hydrogen) atoms. The average Bonchev–Trinajstić information content (AvgIpc) is 2.61. The third kappa shape index (κ3) is 3.49. The lowest BCUT2D eigenvalue weighted by atomic mass is 9.73. The van der Waals surface area contributed by atoms with Crippen LogP contribution in [0.4, 0.5) is 11.6 Å². The van der Waals surface area contributed by atoms with Crippen molar-refractivity contribution in [2.45, 2.75) is 0 Å². The molecule has 8 nitrogen and oxygen atoms in total. The monoisotopic (exact) mass is 358 g/mol. The van der Waals surface area contributed by atoms with Crippen LogP contribution in [0.15, 0.2) is 36.5 Å². The Morgan fingerprint density at radius 2 is 1.65 bits per heavy atom. The highest BCUT2D eigenvalue weighted by Gasteiger charge is 2.52. The lowest BCUT2D eigenvalue weighted by Crippen LogP contribution is -2.72. The van der Waals surface area contributed by atoms with Crippen LogP contribution in [0, 0.1) is 5.41 Å². The van der Waals surface area contributed by atoms with Crippen molar-refractivity contribution >= 4 is 18.1 Å². The van der Waals surface area contributed by atoms with Crippen molar-refractivity contribution in [3.63, 3.8) is 0 Å². The van der Waals surface area contributed by atoms with Crippen LogP contribution >= 0.6 is 0 Å². The fourth-order valence-electron chi connectivity index (χ4n) is 3.44. The van der Waals surface area contributed by atoms with Gasteiger partial charge in [0.15, 0.2) is 0 Å². The molecule has 0 aliphatic carbocycles. The molecule has 2 aliphatic heterocycles. The third-order valence-electron chi connectivity index (χ3n) is 4.65. The number of hydrogen-bond donors (Lipinski definition) is 1. The number of benzene rings is 1. The molecule has 4 rings (SSSR count). The van der Waals surface area contributed by atoms with E-state index < -0.39 is 0 Å². The van der Waals surface area contributed by atoms with Gasteiger partial charge in [0.1, 0.15) is 5.75 Å². The third-order valence-corrected chi connectivity index (χ3v) is 4.65. The Bertz CT molecular complexity index is 739. The molecule has 0 amide bonds. The van der Waals surface area contributed by atoms with Crippen LogP contribution in [0.25, 0.3) is 0 Å². The molecule has 0 unspecified atom stereocenters. The molecule has 2 saturated heterocycles. The second-order valence-electron chi connectivity index (χ2n) is 6.41. The molecule has 1 spiro atoms. The van der Waals surface area contributed by atoms with E-state index in [0.29, 0.717) is 11.3 Å². The van der Waals surface area contributed by atoms with Gasteiger partial charge in [-0.2, -0.15) is 4.98 Å². The zero-order valence-electron chi connectivity index (χ0n) is 14.8. The highest BCUT2D eigenvalue weighted by molar-refractivity contribution is 5.54. The van der Waals surface area contributed by atoms with E-state index in [1.54, 1.807) is 26.5 Å². The summed E-state index contributed by atoms with van der Waals surface area (Å²) < 4.78 is 10.4. The van der Waals surface area contributed by atoms with E-state index in [2.05, 4.69) is 31.9 Å². The van der Waals surface area contributed by atoms with E-state index in [4.69, 9.17) is 19.4 Å². The normalized spacial score (nSPS) is 16.7. The lowest BCUT2D eigenvalue weighted by Gasteiger charge is -2.60. The van der Waals surface area contributed by atoms with E-state index >= 15 is 0 Å². The van der Waals surface area contributed by atoms with E-state index in [0.717, 1.165) is 37.9 Å². The van der Waals surface area contributed by atoms with Crippen molar-refractivity contribution in [3.05, 3.63) is 36.5 Å². The summed E-state index contributed by atoms with van der Waals surface area (Å²) in [6.07, 6.45) is 1.75. The molecule has 0 radical (unpaired) electrons. The second kappa shape index (κ2) is 7.47. The number of carboxylic acid groups (broad SMARTS) is 1. The first-order chi connectivity index (χ1) is 12.6. The summed E-state index contributed by atoms with van der Waals surface area (Å²) in [4.78, 5) is 21.7. The van der Waals surface area contributed by atoms with Gasteiger partial charge in [-0.15, -0.1) is 0 Å². The lowest BCUT2D eigenvalue weighted by molar-refractivity contribution is -0.122. The molecule has 0 bridgehead atoms. The summed E-state index contributed by atoms with van der Waals surface area (Å²) in [5.74, 6) is 2.27. The molecular weight excluding hydrogens is 336 g/mol. The SMILES string of the molecule is COc1ccc(N2CC3(C2)CN(c2nccc(OC)n2)C3)cc1.O=CO. The zero-order valence-corrected chi connectivity index (χ0v) is 14.8. The molecule has 1 N–H and O–H groups in total. The van der Waals surface area contributed by atoms with E-state index in [-0.39, 0.29) is 6.47 Å². The Morgan fingerprint density at radius 1 is 1.04 bits per heavy atom. The van der Waals surface area contributed by atoms with Crippen molar-refractivity contribution < 1.29 is 19.4 Å². The van der Waals surface area contributed by atoms with E-state index in [9.17, 15) is 0 Å². The van der Waals surface area contributed by atoms with Crippen LogP contribution in [0.5, 0.6) is 11.6 Å². The van der Waals surface area contributed by atoms with Crippen LogP contribution in [-0.2, 0) is 4.79 Å². The number of carbonyl (C=O) groups is 1. The van der Waals surface area contributed by atoms with E-state index in [1.807, 2.05) is 12.1 Å². The number of ether oxygens (including phenoxy) is 2. The van der Waals surface area contributed by atoms with Gasteiger partial charge in [-0.3, -0.25) is 4.79 Å². The Balaban J connectivity index is 0.000000613. The predicted octanol–water partition coefficient (Wildman–Crippen LogP) is 1.52. The first-order valence-electron chi connectivity index (χ1n) is 8.22. The number of anilines is 2. The van der Waals surface area contributed by atoms with Gasteiger partial charge in [-0.05, 0) is 24.3 Å². The smallest absolute Gasteiger partial charge is 0.290 e. The Hall–Kier alpha value is -3.03. The van der Waals surface area contributed by atoms with Gasteiger partial charge in [0.25, 0.3) is 6.47 Å². The molecular formula is C18H22N4O4. The van der Waals surface area contributed by atoms with E-state index in [1.165, 1.54) is 5.69 Å². The van der Waals surface area contributed by atoms with Crippen LogP contribution < -0.4 is 19.3 Å². The highest BCUT2D eigenvalue weighted by Crippen LogP contribution is 2.43. The minimum Gasteiger partial charge on any atom is -0.497 e. The standard InChI is InChI=1S/C17H20N4O2.CH2O2/c1-22-14-5-3-13(4-6-14)20-9-17(10-20)11-21(12-17)16-18-8-7-15(19-16)23-2;2-1-3/h3-8H,9-12H2,1-2H3;1H,(H,2,3). The van der Waals surface area contributed by atoms with Crippen LogP contribution in [-0.4, -0.2) is 61.9 Å². The molecule has 2 fully saturated rings. The maximum absolute atomic E-state index is 8.36. The largest absolute Gasteiger partial charge is 0.497 e. The van der Waals surface area contributed by atoms with Crippen LogP contribution in [0.3, 0.4) is 0 Å². The average molecular weight is 358 g/mol. The van der Waals surface area contributed by atoms with Gasteiger partial charge in [0.2, 0.25) is 11.8 Å². The molecule has 1 aromatic heterocycles. The first kappa shape index (κ1) is 17.8. The summed E-state index contributed by atoms with van der Waals surface area (Å²) in [6.45, 7) is 3.93. The molecule has 2 aromatic rings. The quantitative estimate of drug-likeness (QED) is 0.823. The van der Waals surface area contributed by atoms with Crippen LogP contribution in [0.2, 0.25) is 0 Å². The van der Waals surface area contributed by atoms with Crippen LogP contribution in [0.1, 0.15) is 0 Å². The molecule has 8 heteroatoms. The Labute approximate surface area is 152 Å². The Kier molecular flexibility index (Phi) is 5.11. The maximum atomic E-state index is 8.36. The molecule has 0 saturated carbocycles. The maximum Gasteiger partial charge on any atom is 0.290 e. The molecule has 0 atom stereocenters. The van der Waals surface area contributed by atoms with Gasteiger partial charge in [0, 0.05) is 49.5 Å². The molecule has 138 valence electrons. The van der Waals surface area contributed by atoms with Crippen molar-refractivity contribution in [3.8, 4) is 11.6 Å². The summed E-state index contributed by atoms with van der Waals surface area (Å²) in [6, 6.07) is 10.0. The van der Waals surface area contributed by atoms with Gasteiger partial charge in [0.05, 0.1) is 14.2 Å². The number of nitrogens with zero attached hydrogens (tertiary/aromatic N) is 4. The van der Waals surface area contributed by atoms with Crippen molar-refractivity contribution in [1.82, 2.24) is 9.97 Å². The first-order valence-corrected chi connectivity index (χ1v) is 8.22. The summed E-state index contributed by atoms with van der Waals surface area (Å²) in [7, 11) is 3.32. The topological polar surface area (TPSA) is 88.0 Å². The minimum absolute atomic E-state index is 0.250. The molecule has 1 aromatic carbocycles. The Morgan fingerprint density at radius 3 is 2.23 bits per heavy atom. The second-order valence-corrected chi connectivity index (χ2v) is 6.41. The predicted molar refractivity (Wildman–Crippen MR) is 97.1 cm³/mol. The van der Waals surface area contributed by atoms with Crippen molar-refractivity contribution in [1.29, 1.82) is 0 Å². The summed E-state index contributed by atoms with van der Waals surface area (Å²) in [5, 5.41) is 6.89. The number of rotatable bonds is 4. The summed E-state index contributed by atoms with van der Waals surface area (Å²) in [5.41, 5.74) is 1.64. The van der Waals surface area contributed by atoms with Gasteiger partial charge in [-0.25, -0.2) is 4.98 Å². The molecule has 3 heterocycles. The zero-order chi connectivity index (χ0) is 18.6. The van der Waals surface area contributed by atoms with Gasteiger partial charge >= 0.3 is 0 Å². The van der Waals surface area contributed by atoms with Crippen molar-refractivity contribution in [2.24, 2.45) is 5.41 Å². The van der Waals surface area contributed by atoms with Crippen molar-refractivity contribution in [2.75, 3.05) is 50.2 Å². The number of methoxy groups -OCH3 is 2. The fraction of sp³-hybridized carbons (Fsp3) is 0.389. The summed E-state index contributed by atoms with van der Waals surface area (Å²) >= 11 is 0. The molecule has 2 aliphatic rings. The fourth-order valence-corrected chi connectivity index (χ4v) is 3.44. The highest BCUT2D eigenvalue weighted by atomic mass is 16.5.